The smallest absolute Gasteiger partial charge is 0.322 e. The second kappa shape index (κ2) is 4.94. The number of ether oxygens (including phenoxy) is 2. The zero-order valence-electron chi connectivity index (χ0n) is 9.53. The Hall–Kier alpha value is -1.26. The van der Waals surface area contributed by atoms with Crippen LogP contribution >= 0.6 is 11.6 Å². The number of benzene rings is 1. The van der Waals surface area contributed by atoms with Gasteiger partial charge in [-0.05, 0) is 23.3 Å². The normalized spacial score (nSPS) is 15.0. The van der Waals surface area contributed by atoms with E-state index in [1.165, 1.54) is 7.11 Å². The van der Waals surface area contributed by atoms with Crippen molar-refractivity contribution in [1.82, 2.24) is 0 Å². The zero-order chi connectivity index (χ0) is 12.4. The van der Waals surface area contributed by atoms with Crippen molar-refractivity contribution >= 4 is 17.6 Å². The van der Waals surface area contributed by atoms with Crippen LogP contribution < -0.4 is 10.5 Å². The third-order valence-electron chi connectivity index (χ3n) is 2.77. The minimum absolute atomic E-state index is 0.371. The van der Waals surface area contributed by atoms with Crippen LogP contribution in [0, 0.1) is 0 Å². The van der Waals surface area contributed by atoms with Gasteiger partial charge in [-0.2, -0.15) is 0 Å². The van der Waals surface area contributed by atoms with Gasteiger partial charge in [-0.3, -0.25) is 4.79 Å². The molecule has 1 aliphatic heterocycles. The van der Waals surface area contributed by atoms with Crippen LogP contribution in [0.1, 0.15) is 11.1 Å². The first-order valence-corrected chi connectivity index (χ1v) is 5.77. The van der Waals surface area contributed by atoms with E-state index in [-0.39, 0.29) is 0 Å². The van der Waals surface area contributed by atoms with Crippen molar-refractivity contribution in [3.63, 3.8) is 0 Å². The fourth-order valence-corrected chi connectivity index (χ4v) is 2.23. The van der Waals surface area contributed by atoms with Crippen LogP contribution in [0.15, 0.2) is 12.1 Å². The summed E-state index contributed by atoms with van der Waals surface area (Å²) in [4.78, 5) is 11.3. The number of carbonyl (C=O) groups excluding carboxylic acids is 1. The van der Waals surface area contributed by atoms with E-state index in [1.54, 1.807) is 6.07 Å². The molecule has 0 fully saturated rings. The summed E-state index contributed by atoms with van der Waals surface area (Å²) in [5.41, 5.74) is 7.67. The van der Waals surface area contributed by atoms with Crippen molar-refractivity contribution in [3.05, 3.63) is 28.3 Å². The molecule has 4 nitrogen and oxygen atoms in total. The standard InChI is InChI=1S/C12H14ClNO3/c1-16-12(15)10(14)6-8-5-9(13)4-7-2-3-17-11(7)8/h4-5,10H,2-3,6,14H2,1H3. The summed E-state index contributed by atoms with van der Waals surface area (Å²) < 4.78 is 10.1. The summed E-state index contributed by atoms with van der Waals surface area (Å²) >= 11 is 6.01. The first-order chi connectivity index (χ1) is 8.11. The Bertz CT molecular complexity index is 448. The first-order valence-electron chi connectivity index (χ1n) is 5.39. The van der Waals surface area contributed by atoms with Gasteiger partial charge in [0, 0.05) is 17.9 Å². The lowest BCUT2D eigenvalue weighted by molar-refractivity contribution is -0.142. The molecule has 1 aromatic rings. The summed E-state index contributed by atoms with van der Waals surface area (Å²) in [7, 11) is 1.32. The van der Waals surface area contributed by atoms with E-state index in [0.29, 0.717) is 18.1 Å². The molecular weight excluding hydrogens is 242 g/mol. The second-order valence-electron chi connectivity index (χ2n) is 3.99. The highest BCUT2D eigenvalue weighted by molar-refractivity contribution is 6.30. The summed E-state index contributed by atoms with van der Waals surface area (Å²) in [5.74, 6) is 0.380. The molecule has 0 saturated carbocycles. The first kappa shape index (κ1) is 12.2. The maximum Gasteiger partial charge on any atom is 0.322 e. The largest absolute Gasteiger partial charge is 0.493 e. The summed E-state index contributed by atoms with van der Waals surface area (Å²) in [6.07, 6.45) is 1.21. The summed E-state index contributed by atoms with van der Waals surface area (Å²) in [6.45, 7) is 0.649. The Morgan fingerprint density at radius 2 is 2.41 bits per heavy atom. The highest BCUT2D eigenvalue weighted by Crippen LogP contribution is 2.33. The topological polar surface area (TPSA) is 61.5 Å². The monoisotopic (exact) mass is 255 g/mol. The predicted molar refractivity (Wildman–Crippen MR) is 64.3 cm³/mol. The molecule has 2 rings (SSSR count). The van der Waals surface area contributed by atoms with E-state index in [2.05, 4.69) is 4.74 Å². The molecule has 1 atom stereocenters. The number of fused-ring (bicyclic) bond motifs is 1. The SMILES string of the molecule is COC(=O)C(N)Cc1cc(Cl)cc2c1OCC2. The maximum absolute atomic E-state index is 11.3. The summed E-state index contributed by atoms with van der Waals surface area (Å²) in [5, 5.41) is 0.640. The number of nitrogens with two attached hydrogens (primary N) is 1. The number of esters is 1. The average molecular weight is 256 g/mol. The molecule has 1 aliphatic rings. The van der Waals surface area contributed by atoms with E-state index in [0.717, 1.165) is 23.3 Å². The van der Waals surface area contributed by atoms with E-state index < -0.39 is 12.0 Å². The van der Waals surface area contributed by atoms with Gasteiger partial charge in [0.25, 0.3) is 0 Å². The molecule has 0 spiro atoms. The Morgan fingerprint density at radius 1 is 1.65 bits per heavy atom. The quantitative estimate of drug-likeness (QED) is 0.828. The fourth-order valence-electron chi connectivity index (χ4n) is 1.97. The lowest BCUT2D eigenvalue weighted by Gasteiger charge is -2.12. The van der Waals surface area contributed by atoms with Crippen molar-refractivity contribution in [2.24, 2.45) is 5.73 Å². The fraction of sp³-hybridized carbons (Fsp3) is 0.417. The highest BCUT2D eigenvalue weighted by Gasteiger charge is 2.22. The van der Waals surface area contributed by atoms with Crippen LogP contribution in [0.4, 0.5) is 0 Å². The Kier molecular flexibility index (Phi) is 3.54. The molecule has 17 heavy (non-hydrogen) atoms. The second-order valence-corrected chi connectivity index (χ2v) is 4.42. The molecule has 2 N–H and O–H groups in total. The van der Waals surface area contributed by atoms with Crippen LogP contribution in [0.25, 0.3) is 0 Å². The van der Waals surface area contributed by atoms with Crippen LogP contribution in [-0.4, -0.2) is 25.7 Å². The number of hydrogen-bond donors (Lipinski definition) is 1. The zero-order valence-corrected chi connectivity index (χ0v) is 10.3. The lowest BCUT2D eigenvalue weighted by Crippen LogP contribution is -2.33. The molecule has 0 radical (unpaired) electrons. The molecule has 0 aliphatic carbocycles. The maximum atomic E-state index is 11.3. The third-order valence-corrected chi connectivity index (χ3v) is 2.99. The number of hydrogen-bond acceptors (Lipinski definition) is 4. The molecule has 5 heteroatoms. The third kappa shape index (κ3) is 2.53. The van der Waals surface area contributed by atoms with Crippen LogP contribution in [0.5, 0.6) is 5.75 Å². The number of rotatable bonds is 3. The van der Waals surface area contributed by atoms with Crippen molar-refractivity contribution in [3.8, 4) is 5.75 Å². The molecular formula is C12H14ClNO3. The van der Waals surface area contributed by atoms with Crippen LogP contribution in [0.3, 0.4) is 0 Å². The minimum Gasteiger partial charge on any atom is -0.493 e. The summed E-state index contributed by atoms with van der Waals surface area (Å²) in [6, 6.07) is 2.98. The predicted octanol–water partition coefficient (Wildman–Crippen LogP) is 1.32. The molecule has 1 aromatic carbocycles. The van der Waals surface area contributed by atoms with Crippen LogP contribution in [-0.2, 0) is 22.4 Å². The lowest BCUT2D eigenvalue weighted by atomic mass is 10.0. The molecule has 0 amide bonds. The van der Waals surface area contributed by atoms with Crippen molar-refractivity contribution in [2.75, 3.05) is 13.7 Å². The number of halogens is 1. The van der Waals surface area contributed by atoms with Gasteiger partial charge in [-0.25, -0.2) is 0 Å². The Labute approximate surface area is 105 Å². The van der Waals surface area contributed by atoms with Gasteiger partial charge in [0.15, 0.2) is 0 Å². The van der Waals surface area contributed by atoms with Gasteiger partial charge in [0.2, 0.25) is 0 Å². The average Bonchev–Trinajstić information content (AvgIpc) is 2.75. The minimum atomic E-state index is -0.688. The number of carbonyl (C=O) groups is 1. The molecule has 1 unspecified atom stereocenters. The van der Waals surface area contributed by atoms with Gasteiger partial charge in [-0.15, -0.1) is 0 Å². The Balaban J connectivity index is 2.24. The number of methoxy groups -OCH3 is 1. The molecule has 92 valence electrons. The molecule has 0 bridgehead atoms. The van der Waals surface area contributed by atoms with Crippen LogP contribution in [0.2, 0.25) is 5.02 Å². The van der Waals surface area contributed by atoms with Gasteiger partial charge < -0.3 is 15.2 Å². The van der Waals surface area contributed by atoms with E-state index in [9.17, 15) is 4.79 Å². The van der Waals surface area contributed by atoms with Gasteiger partial charge >= 0.3 is 5.97 Å². The molecule has 0 saturated heterocycles. The molecule has 0 aromatic heterocycles. The van der Waals surface area contributed by atoms with Crippen molar-refractivity contribution < 1.29 is 14.3 Å². The Morgan fingerprint density at radius 3 is 3.12 bits per heavy atom. The molecule has 1 heterocycles. The van der Waals surface area contributed by atoms with Gasteiger partial charge in [-0.1, -0.05) is 11.6 Å². The highest BCUT2D eigenvalue weighted by atomic mass is 35.5. The van der Waals surface area contributed by atoms with E-state index in [4.69, 9.17) is 22.1 Å². The van der Waals surface area contributed by atoms with Crippen molar-refractivity contribution in [2.45, 2.75) is 18.9 Å². The van der Waals surface area contributed by atoms with Gasteiger partial charge in [0.1, 0.15) is 11.8 Å². The van der Waals surface area contributed by atoms with Crippen molar-refractivity contribution in [1.29, 1.82) is 0 Å². The van der Waals surface area contributed by atoms with E-state index in [1.807, 2.05) is 6.07 Å². The van der Waals surface area contributed by atoms with Gasteiger partial charge in [0.05, 0.1) is 13.7 Å². The van der Waals surface area contributed by atoms with E-state index >= 15 is 0 Å².